The van der Waals surface area contributed by atoms with Crippen molar-refractivity contribution in [1.29, 1.82) is 0 Å². The second kappa shape index (κ2) is 6.05. The third-order valence-corrected chi connectivity index (χ3v) is 3.41. The number of pyridine rings is 1. The fraction of sp³-hybridized carbons (Fsp3) is 0.188. The second-order valence-electron chi connectivity index (χ2n) is 4.92. The minimum atomic E-state index is -0.252. The monoisotopic (exact) mass is 313 g/mol. The number of hydrogen-bond acceptors (Lipinski definition) is 6. The van der Waals surface area contributed by atoms with Crippen molar-refractivity contribution in [3.05, 3.63) is 47.9 Å². The Bertz CT molecular complexity index is 861. The van der Waals surface area contributed by atoms with Gasteiger partial charge >= 0.3 is 0 Å². The average Bonchev–Trinajstić information content (AvgIpc) is 2.91. The molecule has 1 aliphatic rings. The number of aliphatic hydroxyl groups is 2. The zero-order valence-electron chi connectivity index (χ0n) is 12.4. The lowest BCUT2D eigenvalue weighted by Gasteiger charge is -2.09. The number of hydrogen-bond donors (Lipinski definition) is 2. The topological polar surface area (TPSA) is 96.4 Å². The van der Waals surface area contributed by atoms with Crippen molar-refractivity contribution in [2.75, 3.05) is 13.2 Å². The third-order valence-electron chi connectivity index (χ3n) is 3.41. The predicted molar refractivity (Wildman–Crippen MR) is 84.3 cm³/mol. The van der Waals surface area contributed by atoms with Gasteiger partial charge in [0.1, 0.15) is 18.1 Å². The quantitative estimate of drug-likeness (QED) is 0.838. The molecule has 0 saturated heterocycles. The van der Waals surface area contributed by atoms with E-state index in [1.165, 1.54) is 19.1 Å². The fourth-order valence-corrected chi connectivity index (χ4v) is 2.19. The molecule has 118 valence electrons. The second-order valence-corrected chi connectivity index (χ2v) is 4.92. The van der Waals surface area contributed by atoms with Crippen LogP contribution in [0.3, 0.4) is 0 Å². The van der Waals surface area contributed by atoms with Gasteiger partial charge in [-0.3, -0.25) is 4.79 Å². The summed E-state index contributed by atoms with van der Waals surface area (Å²) in [6.07, 6.45) is 4.55. The molecule has 23 heavy (non-hydrogen) atoms. The van der Waals surface area contributed by atoms with Gasteiger partial charge in [-0.1, -0.05) is 6.07 Å². The summed E-state index contributed by atoms with van der Waals surface area (Å²) in [4.78, 5) is 15.9. The van der Waals surface area contributed by atoms with E-state index < -0.39 is 0 Å². The van der Waals surface area contributed by atoms with Gasteiger partial charge in [-0.05, 0) is 31.2 Å². The molecule has 2 N–H and O–H groups in total. The Kier molecular flexibility index (Phi) is 3.94. The Morgan fingerprint density at radius 1 is 1.35 bits per heavy atom. The molecule has 0 unspecified atom stereocenters. The number of aromatic nitrogens is 2. The molecule has 7 heteroatoms. The van der Waals surface area contributed by atoms with Gasteiger partial charge in [0.05, 0.1) is 12.1 Å². The number of allylic oxidation sites excluding steroid dienone is 3. The highest BCUT2D eigenvalue weighted by Crippen LogP contribution is 2.33. The number of aliphatic hydroxyl groups excluding tert-OH is 2. The number of nitrogens with zero attached hydrogens (tertiary/aromatic N) is 3. The van der Waals surface area contributed by atoms with Crippen LogP contribution in [0.25, 0.3) is 5.52 Å². The number of aliphatic imine (C=N–C) groups is 1. The van der Waals surface area contributed by atoms with Crippen molar-refractivity contribution in [3.63, 3.8) is 0 Å². The molecule has 1 aliphatic carbocycles. The molecule has 0 fully saturated rings. The van der Waals surface area contributed by atoms with Crippen molar-refractivity contribution in [3.8, 4) is 5.88 Å². The van der Waals surface area contributed by atoms with Crippen LogP contribution < -0.4 is 4.74 Å². The maximum absolute atomic E-state index is 11.5. The number of fused-ring (bicyclic) bond motifs is 1. The minimum absolute atomic E-state index is 0.0803. The minimum Gasteiger partial charge on any atom is -0.505 e. The van der Waals surface area contributed by atoms with Crippen molar-refractivity contribution in [2.45, 2.75) is 6.92 Å². The van der Waals surface area contributed by atoms with Gasteiger partial charge in [0, 0.05) is 11.8 Å². The van der Waals surface area contributed by atoms with Gasteiger partial charge in [-0.25, -0.2) is 9.51 Å². The summed E-state index contributed by atoms with van der Waals surface area (Å²) in [6.45, 7) is 1.47. The Morgan fingerprint density at radius 2 is 2.17 bits per heavy atom. The molecule has 0 bridgehead atoms. The Morgan fingerprint density at radius 3 is 2.96 bits per heavy atom. The summed E-state index contributed by atoms with van der Waals surface area (Å²) in [7, 11) is 0. The lowest BCUT2D eigenvalue weighted by molar-refractivity contribution is -0.111. The van der Waals surface area contributed by atoms with Crippen molar-refractivity contribution < 1.29 is 19.7 Å². The summed E-state index contributed by atoms with van der Waals surface area (Å²) in [6, 6.07) is 5.45. The van der Waals surface area contributed by atoms with Crippen molar-refractivity contribution in [2.24, 2.45) is 4.99 Å². The first-order chi connectivity index (χ1) is 11.1. The smallest absolute Gasteiger partial charge is 0.260 e. The molecule has 0 atom stereocenters. The molecule has 0 spiro atoms. The largest absolute Gasteiger partial charge is 0.505 e. The van der Waals surface area contributed by atoms with Crippen LogP contribution in [0, 0.1) is 0 Å². The number of ketones is 1. The molecule has 0 aromatic carbocycles. The molecule has 0 saturated carbocycles. The van der Waals surface area contributed by atoms with E-state index in [-0.39, 0.29) is 41.9 Å². The van der Waals surface area contributed by atoms with Crippen LogP contribution in [0.15, 0.2) is 52.9 Å². The normalized spacial score (nSPS) is 16.6. The van der Waals surface area contributed by atoms with Crippen LogP contribution in [-0.4, -0.2) is 44.5 Å². The van der Waals surface area contributed by atoms with Crippen molar-refractivity contribution in [1.82, 2.24) is 9.61 Å². The highest BCUT2D eigenvalue weighted by atomic mass is 16.5. The van der Waals surface area contributed by atoms with Gasteiger partial charge in [0.15, 0.2) is 11.5 Å². The van der Waals surface area contributed by atoms with Gasteiger partial charge in [-0.2, -0.15) is 0 Å². The lowest BCUT2D eigenvalue weighted by atomic mass is 10.0. The predicted octanol–water partition coefficient (Wildman–Crippen LogP) is 1.75. The van der Waals surface area contributed by atoms with E-state index in [1.807, 2.05) is 18.2 Å². The van der Waals surface area contributed by atoms with Crippen LogP contribution in [0.1, 0.15) is 6.92 Å². The van der Waals surface area contributed by atoms with E-state index in [0.717, 1.165) is 0 Å². The highest BCUT2D eigenvalue weighted by molar-refractivity contribution is 6.21. The first kappa shape index (κ1) is 15.0. The molecule has 2 heterocycles. The average molecular weight is 313 g/mol. The summed E-state index contributed by atoms with van der Waals surface area (Å²) in [5.41, 5.74) is 1.60. The Hall–Kier alpha value is -2.93. The molecule has 0 aliphatic heterocycles. The molecule has 0 radical (unpaired) electrons. The van der Waals surface area contributed by atoms with E-state index in [4.69, 9.17) is 9.84 Å². The first-order valence-corrected chi connectivity index (χ1v) is 7.04. The van der Waals surface area contributed by atoms with E-state index in [0.29, 0.717) is 11.2 Å². The van der Waals surface area contributed by atoms with Crippen LogP contribution >= 0.6 is 0 Å². The maximum atomic E-state index is 11.5. The SMILES string of the molecule is CC1=C(O)C(=Nc2c(OCCO)nn3ccccc23)C=CC1=O. The summed E-state index contributed by atoms with van der Waals surface area (Å²) < 4.78 is 7.01. The van der Waals surface area contributed by atoms with Crippen LogP contribution in [-0.2, 0) is 4.79 Å². The van der Waals surface area contributed by atoms with Gasteiger partial charge in [0.2, 0.25) is 0 Å². The van der Waals surface area contributed by atoms with Crippen molar-refractivity contribution >= 4 is 22.7 Å². The molecule has 7 nitrogen and oxygen atoms in total. The Labute approximate surface area is 131 Å². The van der Waals surface area contributed by atoms with Crippen LogP contribution in [0.5, 0.6) is 5.88 Å². The van der Waals surface area contributed by atoms with E-state index >= 15 is 0 Å². The standard InChI is InChI=1S/C16H15N3O4/c1-10-13(21)6-5-11(15(10)22)17-14-12-4-2-3-7-19(12)18-16(14)23-9-8-20/h2-7,20,22H,8-9H2,1H3. The fourth-order valence-electron chi connectivity index (χ4n) is 2.19. The summed E-state index contributed by atoms with van der Waals surface area (Å²) >= 11 is 0. The number of carbonyl (C=O) groups excluding carboxylic acids is 1. The van der Waals surface area contributed by atoms with E-state index in [9.17, 15) is 9.90 Å². The van der Waals surface area contributed by atoms with Gasteiger partial charge in [-0.15, -0.1) is 5.10 Å². The molecular weight excluding hydrogens is 298 g/mol. The molecule has 2 aromatic heterocycles. The summed E-state index contributed by atoms with van der Waals surface area (Å²) in [5, 5.41) is 23.3. The van der Waals surface area contributed by atoms with Gasteiger partial charge < -0.3 is 14.9 Å². The molecule has 2 aromatic rings. The number of carbonyl (C=O) groups is 1. The molecular formula is C16H15N3O4. The molecule has 0 amide bonds. The van der Waals surface area contributed by atoms with E-state index in [2.05, 4.69) is 10.1 Å². The zero-order chi connectivity index (χ0) is 16.4. The van der Waals surface area contributed by atoms with Crippen LogP contribution in [0.2, 0.25) is 0 Å². The lowest BCUT2D eigenvalue weighted by Crippen LogP contribution is -2.12. The number of rotatable bonds is 4. The summed E-state index contributed by atoms with van der Waals surface area (Å²) in [5.74, 6) is -0.174. The van der Waals surface area contributed by atoms with Gasteiger partial charge in [0.25, 0.3) is 5.88 Å². The van der Waals surface area contributed by atoms with E-state index in [1.54, 1.807) is 10.7 Å². The molecule has 3 rings (SSSR count). The third kappa shape index (κ3) is 2.74. The maximum Gasteiger partial charge on any atom is 0.260 e. The zero-order valence-corrected chi connectivity index (χ0v) is 12.4. The van der Waals surface area contributed by atoms with Crippen LogP contribution in [0.4, 0.5) is 5.69 Å². The number of ether oxygens (including phenoxy) is 1. The highest BCUT2D eigenvalue weighted by Gasteiger charge is 2.20. The Balaban J connectivity index is 2.13. The first-order valence-electron chi connectivity index (χ1n) is 7.04.